The second-order valence-corrected chi connectivity index (χ2v) is 19.9. The van der Waals surface area contributed by atoms with Crippen LogP contribution in [0.3, 0.4) is 0 Å². The lowest BCUT2D eigenvalue weighted by Crippen LogP contribution is -2.49. The number of aryl methyl sites for hydroxylation is 5. The molecule has 3 aromatic carbocycles. The minimum Gasteiger partial charge on any atom is -0.491 e. The molecule has 18 heteroatoms. The number of anilines is 2. The van der Waals surface area contributed by atoms with Gasteiger partial charge in [0.25, 0.3) is 0 Å². The Hall–Kier alpha value is -5.04. The predicted octanol–water partition coefficient (Wildman–Crippen LogP) is 6.77. The Morgan fingerprint density at radius 3 is 2.53 bits per heavy atom. The second-order valence-electron chi connectivity index (χ2n) is 16.7. The Kier molecular flexibility index (Phi) is 13.0. The van der Waals surface area contributed by atoms with Gasteiger partial charge in [0.05, 0.1) is 34.2 Å². The minimum absolute atomic E-state index is 0.144. The fourth-order valence-corrected chi connectivity index (χ4v) is 11.4. The van der Waals surface area contributed by atoms with Crippen LogP contribution >= 0.6 is 23.4 Å². The number of piperazine rings is 1. The van der Waals surface area contributed by atoms with Crippen LogP contribution in [0.1, 0.15) is 57.2 Å². The molecule has 3 aromatic heterocycles. The van der Waals surface area contributed by atoms with Gasteiger partial charge >= 0.3 is 5.97 Å². The standard InChI is InChI=1S/C46H55ClN10O5S2/c1-52(2)64(60)57-19-17-56(18-20-57)31-10-12-33(13-11-31)62-27-38-42-39(55(5)51-38)26-48-25-30-23-32(54(4)50-30)28-63-34-22-29-8-6-16-49-43(29)40(24-34)61-21-7-9-35-36-14-15-37(47)41(42)44(36)53(3)45(35)46(58)59/h10-15,22-24,48-49H,6-9,16-21,25-28H2,1-5H3,(H,58,59). The molecule has 0 amide bonds. The number of rotatable bonds is 7. The number of carbonyl (C=O) groups is 1. The largest absolute Gasteiger partial charge is 0.491 e. The zero-order valence-electron chi connectivity index (χ0n) is 36.9. The monoisotopic (exact) mass is 926 g/mol. The highest BCUT2D eigenvalue weighted by Gasteiger charge is 2.29. The number of hydrogen-bond acceptors (Lipinski definition) is 10. The topological polar surface area (TPSA) is 147 Å². The van der Waals surface area contributed by atoms with Crippen molar-refractivity contribution in [1.29, 1.82) is 0 Å². The summed E-state index contributed by atoms with van der Waals surface area (Å²) < 4.78 is 34.9. The van der Waals surface area contributed by atoms with Gasteiger partial charge in [0.2, 0.25) is 0 Å². The number of halogens is 1. The van der Waals surface area contributed by atoms with Crippen molar-refractivity contribution in [3.05, 3.63) is 99.2 Å². The van der Waals surface area contributed by atoms with E-state index in [-0.39, 0.29) is 12.3 Å². The van der Waals surface area contributed by atoms with Crippen molar-refractivity contribution in [3.8, 4) is 22.6 Å². The number of nitrogens with one attached hydrogen (secondary N) is 2. The number of ether oxygens (including phenoxy) is 2. The van der Waals surface area contributed by atoms with E-state index in [9.17, 15) is 14.1 Å². The Labute approximate surface area is 385 Å². The first-order chi connectivity index (χ1) is 30.9. The molecule has 1 fully saturated rings. The normalized spacial score (nSPS) is 16.8. The summed E-state index contributed by atoms with van der Waals surface area (Å²) in [5.41, 5.74) is 10.1. The molecule has 1 unspecified atom stereocenters. The van der Waals surface area contributed by atoms with Gasteiger partial charge in [-0.15, -0.1) is 11.8 Å². The van der Waals surface area contributed by atoms with Crippen LogP contribution in [0, 0.1) is 0 Å². The molecule has 0 saturated carbocycles. The molecular formula is C46H55ClN10O5S2. The van der Waals surface area contributed by atoms with E-state index in [1.165, 1.54) is 5.56 Å². The van der Waals surface area contributed by atoms with Crippen LogP contribution in [-0.4, -0.2) is 101 Å². The van der Waals surface area contributed by atoms with Gasteiger partial charge in [0.1, 0.15) is 29.5 Å². The first-order valence-corrected chi connectivity index (χ1v) is 24.2. The van der Waals surface area contributed by atoms with Gasteiger partial charge in [-0.2, -0.15) is 10.2 Å². The van der Waals surface area contributed by atoms with Crippen LogP contribution in [-0.2, 0) is 70.6 Å². The summed E-state index contributed by atoms with van der Waals surface area (Å²) in [4.78, 5) is 16.6. The zero-order chi connectivity index (χ0) is 44.6. The number of benzene rings is 3. The first kappa shape index (κ1) is 44.2. The lowest BCUT2D eigenvalue weighted by atomic mass is 9.97. The fourth-order valence-electron chi connectivity index (χ4n) is 9.24. The van der Waals surface area contributed by atoms with Crippen LogP contribution in [0.15, 0.2) is 59.5 Å². The maximum absolute atomic E-state index is 13.1. The van der Waals surface area contributed by atoms with Crippen LogP contribution in [0.5, 0.6) is 11.5 Å². The smallest absolute Gasteiger partial charge is 0.352 e. The lowest BCUT2D eigenvalue weighted by Gasteiger charge is -2.36. The summed E-state index contributed by atoms with van der Waals surface area (Å²) in [5, 5.41) is 29.2. The van der Waals surface area contributed by atoms with E-state index in [1.807, 2.05) is 66.1 Å². The molecule has 6 aromatic rings. The summed E-state index contributed by atoms with van der Waals surface area (Å²) >= 11 is 7.88. The minimum atomic E-state index is -1.14. The van der Waals surface area contributed by atoms with Crippen LogP contribution in [0.2, 0.25) is 5.02 Å². The van der Waals surface area contributed by atoms with Crippen molar-refractivity contribution in [1.82, 2.24) is 38.1 Å². The van der Waals surface area contributed by atoms with Gasteiger partial charge in [0.15, 0.2) is 11.2 Å². The van der Waals surface area contributed by atoms with Gasteiger partial charge in [-0.3, -0.25) is 9.36 Å². The van der Waals surface area contributed by atoms with Crippen molar-refractivity contribution >= 4 is 62.8 Å². The highest BCUT2D eigenvalue weighted by atomic mass is 35.5. The highest BCUT2D eigenvalue weighted by Crippen LogP contribution is 2.43. The SMILES string of the molecule is CN(C)S(=O)N1CCN(c2ccc(OCc3nn(C)c4c3-c3c(Cl)ccc5c(c(C(=O)O)n(C)c35)CCCOc3cc(cc5c3NCCC5)SCc3cc(nn3C)CNC4)cc2)CC1. The van der Waals surface area contributed by atoms with Gasteiger partial charge in [-0.1, -0.05) is 17.7 Å². The molecule has 0 aliphatic carbocycles. The average molecular weight is 928 g/mol. The molecule has 3 aliphatic rings. The number of carboxylic acid groups (broad SMARTS) is 1. The van der Waals surface area contributed by atoms with E-state index in [2.05, 4.69) is 45.9 Å². The summed E-state index contributed by atoms with van der Waals surface area (Å²) in [5.74, 6) is 1.26. The zero-order valence-corrected chi connectivity index (χ0v) is 39.3. The van der Waals surface area contributed by atoms with Crippen LogP contribution in [0.25, 0.3) is 22.0 Å². The number of aromatic nitrogens is 5. The van der Waals surface area contributed by atoms with Crippen LogP contribution in [0.4, 0.5) is 11.4 Å². The molecule has 64 heavy (non-hydrogen) atoms. The van der Waals surface area contributed by atoms with Crippen molar-refractivity contribution in [3.63, 3.8) is 0 Å². The van der Waals surface area contributed by atoms with Gasteiger partial charge < -0.3 is 34.7 Å². The lowest BCUT2D eigenvalue weighted by molar-refractivity contribution is 0.0685. The molecule has 8 bridgehead atoms. The molecule has 3 aliphatic heterocycles. The van der Waals surface area contributed by atoms with Crippen molar-refractivity contribution in [2.45, 2.75) is 56.0 Å². The molecule has 0 spiro atoms. The Morgan fingerprint density at radius 2 is 1.77 bits per heavy atom. The quantitative estimate of drug-likeness (QED) is 0.156. The van der Waals surface area contributed by atoms with Gasteiger partial charge in [0, 0.05) is 120 Å². The number of nitrogens with zero attached hydrogens (tertiary/aromatic N) is 8. The highest BCUT2D eigenvalue weighted by molar-refractivity contribution is 7.98. The Bertz CT molecular complexity index is 2720. The third-order valence-electron chi connectivity index (χ3n) is 12.4. The van der Waals surface area contributed by atoms with E-state index in [0.717, 1.165) is 99.4 Å². The predicted molar refractivity (Wildman–Crippen MR) is 254 cm³/mol. The third kappa shape index (κ3) is 8.85. The average Bonchev–Trinajstić information content (AvgIpc) is 3.91. The summed E-state index contributed by atoms with van der Waals surface area (Å²) in [6, 6.07) is 18.4. The fraction of sp³-hybridized carbons (Fsp3) is 0.413. The second kappa shape index (κ2) is 18.8. The summed E-state index contributed by atoms with van der Waals surface area (Å²) in [6.45, 7) is 5.36. The molecule has 0 radical (unpaired) electrons. The maximum atomic E-state index is 13.1. The van der Waals surface area contributed by atoms with Crippen molar-refractivity contribution in [2.75, 3.05) is 63.6 Å². The molecule has 1 saturated heterocycles. The molecule has 9 rings (SSSR count). The summed E-state index contributed by atoms with van der Waals surface area (Å²) in [7, 11) is 9.36. The first-order valence-electron chi connectivity index (χ1n) is 21.7. The van der Waals surface area contributed by atoms with E-state index in [1.54, 1.807) is 27.7 Å². The van der Waals surface area contributed by atoms with E-state index in [4.69, 9.17) is 31.3 Å². The molecular weight excluding hydrogens is 872 g/mol. The van der Waals surface area contributed by atoms with Crippen LogP contribution < -0.4 is 25.0 Å². The van der Waals surface area contributed by atoms with Crippen molar-refractivity contribution in [2.24, 2.45) is 21.1 Å². The van der Waals surface area contributed by atoms with Gasteiger partial charge in [-0.05, 0) is 85.3 Å². The number of aromatic carboxylic acids is 1. The molecule has 6 heterocycles. The number of hydrogen-bond donors (Lipinski definition) is 3. The number of thioether (sulfide) groups is 1. The van der Waals surface area contributed by atoms with Crippen molar-refractivity contribution < 1.29 is 23.6 Å². The molecule has 3 N–H and O–H groups in total. The number of fused-ring (bicyclic) bond motifs is 8. The molecule has 15 nitrogen and oxygen atoms in total. The molecule has 1 atom stereocenters. The third-order valence-corrected chi connectivity index (χ3v) is 15.1. The Balaban J connectivity index is 1.06. The van der Waals surface area contributed by atoms with E-state index < -0.39 is 17.1 Å². The van der Waals surface area contributed by atoms with E-state index in [0.29, 0.717) is 67.7 Å². The number of carboxylic acids is 1. The van der Waals surface area contributed by atoms with Gasteiger partial charge in [-0.25, -0.2) is 17.6 Å². The van der Waals surface area contributed by atoms with E-state index >= 15 is 0 Å². The summed E-state index contributed by atoms with van der Waals surface area (Å²) in [6.07, 6.45) is 3.15. The molecule has 338 valence electrons. The maximum Gasteiger partial charge on any atom is 0.352 e. The Morgan fingerprint density at radius 1 is 0.969 bits per heavy atom.